The molecule has 3 rings (SSSR count). The van der Waals surface area contributed by atoms with Gasteiger partial charge in [0.2, 0.25) is 5.79 Å². The van der Waals surface area contributed by atoms with Gasteiger partial charge in [0.05, 0.1) is 24.9 Å². The van der Waals surface area contributed by atoms with Gasteiger partial charge in [0, 0.05) is 12.5 Å². The maximum absolute atomic E-state index is 6.05. The minimum absolute atomic E-state index is 0.0244. The van der Waals surface area contributed by atoms with Crippen molar-refractivity contribution >= 4 is 0 Å². The Morgan fingerprint density at radius 2 is 2.18 bits per heavy atom. The van der Waals surface area contributed by atoms with Crippen LogP contribution in [0, 0.1) is 5.92 Å². The highest BCUT2D eigenvalue weighted by molar-refractivity contribution is 5.39. The zero-order valence-electron chi connectivity index (χ0n) is 9.89. The fraction of sp³-hybridized carbons (Fsp3) is 0.538. The molecule has 4 heteroatoms. The first-order valence-corrected chi connectivity index (χ1v) is 6.00. The van der Waals surface area contributed by atoms with Crippen LogP contribution in [0.5, 0.6) is 5.75 Å². The van der Waals surface area contributed by atoms with Crippen molar-refractivity contribution in [3.05, 3.63) is 29.8 Å². The van der Waals surface area contributed by atoms with Crippen molar-refractivity contribution < 1.29 is 14.2 Å². The molecule has 3 unspecified atom stereocenters. The number of fused-ring (bicyclic) bond motifs is 2. The van der Waals surface area contributed by atoms with Crippen molar-refractivity contribution in [2.45, 2.75) is 18.8 Å². The van der Waals surface area contributed by atoms with E-state index in [1.165, 1.54) is 0 Å². The molecule has 0 aliphatic carbocycles. The molecule has 2 aliphatic heterocycles. The Labute approximate surface area is 101 Å². The Hall–Kier alpha value is -1.10. The summed E-state index contributed by atoms with van der Waals surface area (Å²) in [6.45, 7) is 3.72. The molecule has 0 amide bonds. The molecule has 1 aromatic rings. The minimum Gasteiger partial charge on any atom is -0.493 e. The van der Waals surface area contributed by atoms with Crippen molar-refractivity contribution in [2.75, 3.05) is 19.8 Å². The molecule has 0 bridgehead atoms. The van der Waals surface area contributed by atoms with Crippen LogP contribution in [0.4, 0.5) is 0 Å². The first-order valence-electron chi connectivity index (χ1n) is 6.00. The van der Waals surface area contributed by atoms with Gasteiger partial charge in [-0.1, -0.05) is 19.1 Å². The summed E-state index contributed by atoms with van der Waals surface area (Å²) in [6, 6.07) is 7.89. The monoisotopic (exact) mass is 235 g/mol. The molecular weight excluding hydrogens is 218 g/mol. The van der Waals surface area contributed by atoms with Crippen molar-refractivity contribution in [1.29, 1.82) is 0 Å². The summed E-state index contributed by atoms with van der Waals surface area (Å²) in [5.74, 6) is 0.344. The third kappa shape index (κ3) is 1.56. The molecule has 17 heavy (non-hydrogen) atoms. The van der Waals surface area contributed by atoms with Gasteiger partial charge in [-0.25, -0.2) is 0 Å². The Morgan fingerprint density at radius 3 is 2.94 bits per heavy atom. The highest BCUT2D eigenvalue weighted by atomic mass is 16.7. The molecule has 1 fully saturated rings. The normalized spacial score (nSPS) is 35.6. The van der Waals surface area contributed by atoms with E-state index in [0.29, 0.717) is 19.8 Å². The first kappa shape index (κ1) is 11.0. The van der Waals surface area contributed by atoms with E-state index in [0.717, 1.165) is 11.3 Å². The van der Waals surface area contributed by atoms with Crippen LogP contribution in [0.2, 0.25) is 0 Å². The molecule has 0 saturated carbocycles. The Balaban J connectivity index is 2.04. The second-order valence-electron chi connectivity index (χ2n) is 4.66. The van der Waals surface area contributed by atoms with Crippen LogP contribution in [0.3, 0.4) is 0 Å². The Morgan fingerprint density at radius 1 is 1.35 bits per heavy atom. The topological polar surface area (TPSA) is 53.7 Å². The van der Waals surface area contributed by atoms with E-state index in [-0.39, 0.29) is 12.0 Å². The number of hydrogen-bond acceptors (Lipinski definition) is 4. The van der Waals surface area contributed by atoms with Gasteiger partial charge in [-0.3, -0.25) is 0 Å². The number of benzene rings is 1. The van der Waals surface area contributed by atoms with Crippen molar-refractivity contribution in [2.24, 2.45) is 11.7 Å². The molecule has 1 saturated heterocycles. The van der Waals surface area contributed by atoms with Crippen LogP contribution in [0.25, 0.3) is 0 Å². The van der Waals surface area contributed by atoms with E-state index in [1.807, 2.05) is 24.3 Å². The number of rotatable bonds is 1. The van der Waals surface area contributed by atoms with Gasteiger partial charge in [-0.15, -0.1) is 0 Å². The summed E-state index contributed by atoms with van der Waals surface area (Å²) in [7, 11) is 0. The van der Waals surface area contributed by atoms with Crippen molar-refractivity contribution in [3.8, 4) is 5.75 Å². The van der Waals surface area contributed by atoms with Crippen molar-refractivity contribution in [1.82, 2.24) is 0 Å². The van der Waals surface area contributed by atoms with E-state index in [1.54, 1.807) is 0 Å². The van der Waals surface area contributed by atoms with Gasteiger partial charge in [0.25, 0.3) is 0 Å². The maximum Gasteiger partial charge on any atom is 0.204 e. The number of para-hydroxylation sites is 1. The number of ether oxygens (including phenoxy) is 3. The Bertz CT molecular complexity index is 423. The molecular formula is C13H17NO3. The van der Waals surface area contributed by atoms with E-state index in [4.69, 9.17) is 19.9 Å². The van der Waals surface area contributed by atoms with Crippen LogP contribution in [0.15, 0.2) is 24.3 Å². The van der Waals surface area contributed by atoms with Gasteiger partial charge in [-0.05, 0) is 12.1 Å². The average molecular weight is 235 g/mol. The van der Waals surface area contributed by atoms with Gasteiger partial charge >= 0.3 is 0 Å². The predicted molar refractivity (Wildman–Crippen MR) is 62.7 cm³/mol. The second-order valence-corrected chi connectivity index (χ2v) is 4.66. The summed E-state index contributed by atoms with van der Waals surface area (Å²) in [5.41, 5.74) is 6.63. The summed E-state index contributed by atoms with van der Waals surface area (Å²) in [5, 5.41) is 0. The van der Waals surface area contributed by atoms with Gasteiger partial charge < -0.3 is 19.9 Å². The second kappa shape index (κ2) is 3.98. The standard InChI is InChI=1S/C13H17NO3/c1-9-7-15-12-5-3-2-4-11(12)13(9)16-8-10(6-14)17-13/h2-5,9-10H,6-8,14H2,1H3. The summed E-state index contributed by atoms with van der Waals surface area (Å²) >= 11 is 0. The fourth-order valence-corrected chi connectivity index (χ4v) is 2.52. The zero-order chi connectivity index (χ0) is 11.9. The largest absolute Gasteiger partial charge is 0.493 e. The highest BCUT2D eigenvalue weighted by Gasteiger charge is 2.51. The number of nitrogens with two attached hydrogens (primary N) is 1. The molecule has 92 valence electrons. The minimum atomic E-state index is -0.668. The first-order chi connectivity index (χ1) is 8.26. The average Bonchev–Trinajstić information content (AvgIpc) is 2.80. The molecule has 2 N–H and O–H groups in total. The van der Waals surface area contributed by atoms with Gasteiger partial charge in [0.1, 0.15) is 5.75 Å². The van der Waals surface area contributed by atoms with E-state index < -0.39 is 5.79 Å². The third-order valence-corrected chi connectivity index (χ3v) is 3.49. The molecule has 1 spiro atoms. The van der Waals surface area contributed by atoms with E-state index in [9.17, 15) is 0 Å². The molecule has 3 atom stereocenters. The zero-order valence-corrected chi connectivity index (χ0v) is 9.89. The summed E-state index contributed by atoms with van der Waals surface area (Å²) in [4.78, 5) is 0. The van der Waals surface area contributed by atoms with E-state index >= 15 is 0 Å². The van der Waals surface area contributed by atoms with Crippen LogP contribution < -0.4 is 10.5 Å². The van der Waals surface area contributed by atoms with Crippen LogP contribution >= 0.6 is 0 Å². The lowest BCUT2D eigenvalue weighted by molar-refractivity contribution is -0.224. The smallest absolute Gasteiger partial charge is 0.204 e. The maximum atomic E-state index is 6.05. The molecule has 2 aliphatic rings. The molecule has 4 nitrogen and oxygen atoms in total. The number of hydrogen-bond donors (Lipinski definition) is 1. The van der Waals surface area contributed by atoms with Crippen molar-refractivity contribution in [3.63, 3.8) is 0 Å². The van der Waals surface area contributed by atoms with Crippen LogP contribution in [-0.4, -0.2) is 25.9 Å². The van der Waals surface area contributed by atoms with Crippen LogP contribution in [-0.2, 0) is 15.3 Å². The highest BCUT2D eigenvalue weighted by Crippen LogP contribution is 2.47. The van der Waals surface area contributed by atoms with Gasteiger partial charge in [-0.2, -0.15) is 0 Å². The fourth-order valence-electron chi connectivity index (χ4n) is 2.52. The predicted octanol–water partition coefficient (Wildman–Crippen LogP) is 1.24. The van der Waals surface area contributed by atoms with Crippen LogP contribution in [0.1, 0.15) is 12.5 Å². The Kier molecular flexibility index (Phi) is 2.58. The molecule has 0 radical (unpaired) electrons. The summed E-state index contributed by atoms with van der Waals surface area (Å²) in [6.07, 6.45) is -0.0244. The molecule has 0 aromatic heterocycles. The summed E-state index contributed by atoms with van der Waals surface area (Å²) < 4.78 is 17.7. The lowest BCUT2D eigenvalue weighted by Gasteiger charge is -2.39. The van der Waals surface area contributed by atoms with E-state index in [2.05, 4.69) is 6.92 Å². The van der Waals surface area contributed by atoms with Gasteiger partial charge in [0.15, 0.2) is 0 Å². The SMILES string of the molecule is CC1COc2ccccc2C12OCC(CN)O2. The quantitative estimate of drug-likeness (QED) is 0.795. The lowest BCUT2D eigenvalue weighted by Crippen LogP contribution is -2.42. The molecule has 1 aromatic carbocycles. The molecule has 2 heterocycles. The third-order valence-electron chi connectivity index (χ3n) is 3.49. The lowest BCUT2D eigenvalue weighted by atomic mass is 9.90.